The van der Waals surface area contributed by atoms with Crippen LogP contribution in [-0.2, 0) is 0 Å². The molecule has 1 amide bonds. The van der Waals surface area contributed by atoms with Crippen LogP contribution < -0.4 is 5.32 Å². The number of hydrogen-bond acceptors (Lipinski definition) is 6. The highest BCUT2D eigenvalue weighted by Crippen LogP contribution is 2.39. The van der Waals surface area contributed by atoms with E-state index in [1.54, 1.807) is 30.3 Å². The fourth-order valence-corrected chi connectivity index (χ4v) is 4.94. The minimum atomic E-state index is -0.554. The minimum Gasteiger partial charge on any atom is -0.321 e. The van der Waals surface area contributed by atoms with Crippen molar-refractivity contribution >= 4 is 40.6 Å². The van der Waals surface area contributed by atoms with Crippen molar-refractivity contribution in [2.24, 2.45) is 0 Å². The van der Waals surface area contributed by atoms with Gasteiger partial charge in [0.25, 0.3) is 11.6 Å². The maximum absolute atomic E-state index is 13.5. The third kappa shape index (κ3) is 4.11. The number of carbonyl (C=O) groups is 3. The Hall–Kier alpha value is -4.56. The van der Waals surface area contributed by atoms with Gasteiger partial charge in [0.15, 0.2) is 11.6 Å². The van der Waals surface area contributed by atoms with Crippen LogP contribution in [-0.4, -0.2) is 22.4 Å². The Morgan fingerprint density at radius 1 is 0.743 bits per heavy atom. The molecule has 1 aliphatic rings. The molecule has 0 atom stereocenters. The molecule has 5 rings (SSSR count). The van der Waals surface area contributed by atoms with E-state index in [0.717, 1.165) is 4.90 Å². The highest BCUT2D eigenvalue weighted by molar-refractivity contribution is 7.99. The first-order chi connectivity index (χ1) is 16.9. The first-order valence-electron chi connectivity index (χ1n) is 10.6. The summed E-state index contributed by atoms with van der Waals surface area (Å²) in [6.07, 6.45) is 0. The molecule has 0 saturated heterocycles. The van der Waals surface area contributed by atoms with Crippen molar-refractivity contribution in [2.45, 2.75) is 9.79 Å². The van der Waals surface area contributed by atoms with Crippen LogP contribution in [0.1, 0.15) is 42.2 Å². The zero-order valence-electron chi connectivity index (χ0n) is 18.1. The fourth-order valence-electron chi connectivity index (χ4n) is 3.94. The number of nitro groups is 1. The van der Waals surface area contributed by atoms with E-state index < -0.39 is 10.8 Å². The zero-order chi connectivity index (χ0) is 24.5. The monoisotopic (exact) mass is 480 g/mol. The van der Waals surface area contributed by atoms with Crippen molar-refractivity contribution in [1.82, 2.24) is 0 Å². The molecule has 0 bridgehead atoms. The number of nitro benzene ring substituents is 1. The highest BCUT2D eigenvalue weighted by atomic mass is 32.2. The minimum absolute atomic E-state index is 0.127. The number of amides is 1. The normalized spacial score (nSPS) is 12.0. The molecular formula is C27H16N2O5S. The molecular weight excluding hydrogens is 464 g/mol. The smallest absolute Gasteiger partial charge is 0.269 e. The number of ketones is 2. The summed E-state index contributed by atoms with van der Waals surface area (Å²) in [7, 11) is 0. The van der Waals surface area contributed by atoms with Gasteiger partial charge in [-0.3, -0.25) is 24.5 Å². The van der Waals surface area contributed by atoms with Crippen molar-refractivity contribution < 1.29 is 19.3 Å². The molecule has 4 aromatic carbocycles. The van der Waals surface area contributed by atoms with Crippen LogP contribution in [0.25, 0.3) is 0 Å². The van der Waals surface area contributed by atoms with E-state index in [2.05, 4.69) is 5.32 Å². The third-order valence-electron chi connectivity index (χ3n) is 5.59. The Labute approximate surface area is 204 Å². The van der Waals surface area contributed by atoms with E-state index in [0.29, 0.717) is 10.5 Å². The van der Waals surface area contributed by atoms with Crippen LogP contribution in [0.15, 0.2) is 101 Å². The number of nitrogens with zero attached hydrogens (tertiary/aromatic N) is 1. The lowest BCUT2D eigenvalue weighted by molar-refractivity contribution is -0.384. The predicted molar refractivity (Wildman–Crippen MR) is 131 cm³/mol. The third-order valence-corrected chi connectivity index (χ3v) is 6.66. The number of anilines is 1. The van der Waals surface area contributed by atoms with Crippen LogP contribution in [0.3, 0.4) is 0 Å². The van der Waals surface area contributed by atoms with Gasteiger partial charge in [0, 0.05) is 44.2 Å². The lowest BCUT2D eigenvalue weighted by Gasteiger charge is -2.22. The van der Waals surface area contributed by atoms with Crippen molar-refractivity contribution in [3.05, 3.63) is 129 Å². The van der Waals surface area contributed by atoms with Crippen molar-refractivity contribution in [1.29, 1.82) is 0 Å². The second-order valence-corrected chi connectivity index (χ2v) is 8.85. The first kappa shape index (κ1) is 22.2. The Balaban J connectivity index is 1.50. The quantitative estimate of drug-likeness (QED) is 0.253. The summed E-state index contributed by atoms with van der Waals surface area (Å²) >= 11 is 1.41. The van der Waals surface area contributed by atoms with Crippen LogP contribution in [0.4, 0.5) is 11.4 Å². The average molecular weight is 481 g/mol. The highest BCUT2D eigenvalue weighted by Gasteiger charge is 2.34. The van der Waals surface area contributed by atoms with E-state index in [4.69, 9.17) is 0 Å². The van der Waals surface area contributed by atoms with Crippen LogP contribution >= 0.6 is 11.8 Å². The van der Waals surface area contributed by atoms with Crippen molar-refractivity contribution in [3.63, 3.8) is 0 Å². The van der Waals surface area contributed by atoms with Crippen LogP contribution in [0, 0.1) is 10.1 Å². The first-order valence-corrected chi connectivity index (χ1v) is 11.4. The lowest BCUT2D eigenvalue weighted by atomic mass is 9.83. The topological polar surface area (TPSA) is 106 Å². The number of nitrogens with one attached hydrogen (secondary N) is 1. The number of non-ortho nitro benzene ring substituents is 1. The Bertz CT molecular complexity index is 1510. The zero-order valence-corrected chi connectivity index (χ0v) is 18.9. The molecule has 0 heterocycles. The molecule has 0 unspecified atom stereocenters. The summed E-state index contributed by atoms with van der Waals surface area (Å²) in [5.41, 5.74) is 1.21. The van der Waals surface area contributed by atoms with Gasteiger partial charge in [-0.1, -0.05) is 54.2 Å². The number of fused-ring (bicyclic) bond motifs is 2. The van der Waals surface area contributed by atoms with Gasteiger partial charge in [-0.15, -0.1) is 0 Å². The molecule has 0 aromatic heterocycles. The molecule has 1 N–H and O–H groups in total. The number of benzene rings is 4. The number of carbonyl (C=O) groups excluding carboxylic acids is 3. The van der Waals surface area contributed by atoms with Crippen molar-refractivity contribution in [2.75, 3.05) is 5.32 Å². The second kappa shape index (κ2) is 9.00. The van der Waals surface area contributed by atoms with Gasteiger partial charge < -0.3 is 5.32 Å². The molecule has 7 nitrogen and oxygen atoms in total. The molecule has 170 valence electrons. The summed E-state index contributed by atoms with van der Waals surface area (Å²) in [5, 5.41) is 13.5. The predicted octanol–water partition coefficient (Wildman–Crippen LogP) is 5.77. The second-order valence-electron chi connectivity index (χ2n) is 7.74. The molecule has 0 radical (unpaired) electrons. The number of rotatable bonds is 5. The van der Waals surface area contributed by atoms with Gasteiger partial charge in [0.2, 0.25) is 0 Å². The lowest BCUT2D eigenvalue weighted by Crippen LogP contribution is -2.24. The van der Waals surface area contributed by atoms with Crippen LogP contribution in [0.5, 0.6) is 0 Å². The molecule has 35 heavy (non-hydrogen) atoms. The van der Waals surface area contributed by atoms with Gasteiger partial charge in [0.1, 0.15) is 0 Å². The number of hydrogen-bond donors (Lipinski definition) is 1. The van der Waals surface area contributed by atoms with Crippen LogP contribution in [0.2, 0.25) is 0 Å². The summed E-state index contributed by atoms with van der Waals surface area (Å²) < 4.78 is 0. The van der Waals surface area contributed by atoms with Gasteiger partial charge in [-0.2, -0.15) is 0 Å². The fraction of sp³-hybridized carbons (Fsp3) is 0. The largest absolute Gasteiger partial charge is 0.321 e. The maximum Gasteiger partial charge on any atom is 0.269 e. The summed E-state index contributed by atoms with van der Waals surface area (Å²) in [4.78, 5) is 51.8. The average Bonchev–Trinajstić information content (AvgIpc) is 2.87. The summed E-state index contributed by atoms with van der Waals surface area (Å²) in [5.74, 6) is -1.20. The van der Waals surface area contributed by atoms with Crippen molar-refractivity contribution in [3.8, 4) is 0 Å². The summed E-state index contributed by atoms with van der Waals surface area (Å²) in [6, 6.07) is 24.6. The Kier molecular flexibility index (Phi) is 5.72. The molecule has 8 heteroatoms. The maximum atomic E-state index is 13.5. The van der Waals surface area contributed by atoms with E-state index in [1.807, 2.05) is 36.4 Å². The SMILES string of the molecule is O=C(Nc1cccc2c1C(=O)c1cccc(Sc3ccccc3)c1C2=O)c1ccc([N+](=O)[O-])cc1. The Morgan fingerprint density at radius 2 is 1.37 bits per heavy atom. The molecule has 1 aliphatic carbocycles. The molecule has 0 fully saturated rings. The molecule has 0 aliphatic heterocycles. The Morgan fingerprint density at radius 3 is 2.06 bits per heavy atom. The van der Waals surface area contributed by atoms with E-state index in [9.17, 15) is 24.5 Å². The standard InChI is InChI=1S/C27H16N2O5S/c30-25-20-9-5-11-22(35-18-6-2-1-3-7-18)24(20)26(31)19-8-4-10-21(23(19)25)28-27(32)16-12-14-17(15-13-16)29(33)34/h1-15H,(H,28,32). The summed E-state index contributed by atoms with van der Waals surface area (Å²) in [6.45, 7) is 0. The molecule has 0 saturated carbocycles. The van der Waals surface area contributed by atoms with E-state index in [-0.39, 0.29) is 45.2 Å². The molecule has 4 aromatic rings. The van der Waals surface area contributed by atoms with Gasteiger partial charge >= 0.3 is 0 Å². The van der Waals surface area contributed by atoms with Gasteiger partial charge in [-0.05, 0) is 36.4 Å². The molecule has 0 spiro atoms. The van der Waals surface area contributed by atoms with Gasteiger partial charge in [0.05, 0.1) is 16.2 Å². The van der Waals surface area contributed by atoms with E-state index in [1.165, 1.54) is 36.0 Å². The van der Waals surface area contributed by atoms with E-state index >= 15 is 0 Å². The van der Waals surface area contributed by atoms with Gasteiger partial charge in [-0.25, -0.2) is 0 Å².